The summed E-state index contributed by atoms with van der Waals surface area (Å²) in [6.07, 6.45) is -7.98. The van der Waals surface area contributed by atoms with E-state index >= 15 is 0 Å². The van der Waals surface area contributed by atoms with Gasteiger partial charge in [0.25, 0.3) is 0 Å². The fraction of sp³-hybridized carbons (Fsp3) is 0.333. The van der Waals surface area contributed by atoms with Crippen LogP contribution in [0, 0.1) is 11.5 Å². The molecule has 0 radical (unpaired) electrons. The van der Waals surface area contributed by atoms with Crippen molar-refractivity contribution in [3.8, 4) is 6.19 Å². The topological polar surface area (TPSA) is 65.4 Å². The second kappa shape index (κ2) is 10.3. The van der Waals surface area contributed by atoms with Gasteiger partial charge in [-0.1, -0.05) is 30.3 Å². The molecule has 33 heavy (non-hydrogen) atoms. The summed E-state index contributed by atoms with van der Waals surface area (Å²) in [7, 11) is 0. The van der Waals surface area contributed by atoms with Gasteiger partial charge in [-0.2, -0.15) is 31.6 Å². The minimum Gasteiger partial charge on any atom is -0.375 e. The maximum absolute atomic E-state index is 13.0. The molecule has 0 unspecified atom stereocenters. The molecule has 0 spiro atoms. The van der Waals surface area contributed by atoms with E-state index < -0.39 is 48.1 Å². The molecule has 1 saturated heterocycles. The van der Waals surface area contributed by atoms with Crippen LogP contribution in [-0.4, -0.2) is 30.0 Å². The highest BCUT2D eigenvalue weighted by atomic mass is 35.5. The first-order valence-corrected chi connectivity index (χ1v) is 9.36. The van der Waals surface area contributed by atoms with Crippen LogP contribution in [0.1, 0.15) is 28.3 Å². The molecular formula is C21H18ClF6N3O2. The number of ether oxygens (including phenoxy) is 1. The number of benzene rings is 2. The molecular weight excluding hydrogens is 476 g/mol. The van der Waals surface area contributed by atoms with Gasteiger partial charge in [0.15, 0.2) is 6.19 Å². The molecule has 1 amide bonds. The lowest BCUT2D eigenvalue weighted by Crippen LogP contribution is -2.56. The molecule has 2 aromatic carbocycles. The summed E-state index contributed by atoms with van der Waals surface area (Å²) >= 11 is 0. The van der Waals surface area contributed by atoms with Gasteiger partial charge in [-0.15, -0.1) is 12.4 Å². The van der Waals surface area contributed by atoms with Crippen molar-refractivity contribution in [2.45, 2.75) is 31.0 Å². The first-order chi connectivity index (χ1) is 15.0. The molecule has 2 aromatic rings. The SMILES string of the molecule is Cl.N#CN1CC(=O)N[C@H](COCc2cc(C(F)(F)F)cc(C(F)(F)F)c2)[C@@H]1c1ccccc1. The molecule has 1 aliphatic rings. The third-order valence-electron chi connectivity index (χ3n) is 4.86. The number of amides is 1. The Balaban J connectivity index is 0.00000385. The van der Waals surface area contributed by atoms with Crippen LogP contribution in [0.2, 0.25) is 0 Å². The maximum Gasteiger partial charge on any atom is 0.416 e. The van der Waals surface area contributed by atoms with Gasteiger partial charge in [0, 0.05) is 0 Å². The van der Waals surface area contributed by atoms with E-state index in [4.69, 9.17) is 4.74 Å². The molecule has 0 bridgehead atoms. The van der Waals surface area contributed by atoms with Crippen LogP contribution in [-0.2, 0) is 28.5 Å². The fourth-order valence-electron chi connectivity index (χ4n) is 3.50. The third-order valence-corrected chi connectivity index (χ3v) is 4.86. The number of hydrogen-bond donors (Lipinski definition) is 1. The minimum absolute atomic E-state index is 0. The molecule has 1 fully saturated rings. The lowest BCUT2D eigenvalue weighted by Gasteiger charge is -2.38. The van der Waals surface area contributed by atoms with Gasteiger partial charge in [-0.25, -0.2) is 0 Å². The van der Waals surface area contributed by atoms with Gasteiger partial charge in [0.05, 0.1) is 36.4 Å². The molecule has 178 valence electrons. The average Bonchev–Trinajstić information content (AvgIpc) is 2.72. The van der Waals surface area contributed by atoms with Crippen LogP contribution in [0.5, 0.6) is 0 Å². The van der Waals surface area contributed by atoms with Crippen molar-refractivity contribution in [2.75, 3.05) is 13.2 Å². The van der Waals surface area contributed by atoms with E-state index in [0.717, 1.165) is 0 Å². The van der Waals surface area contributed by atoms with Crippen molar-refractivity contribution in [1.82, 2.24) is 10.2 Å². The number of nitrogens with one attached hydrogen (secondary N) is 1. The van der Waals surface area contributed by atoms with E-state index in [0.29, 0.717) is 17.7 Å². The van der Waals surface area contributed by atoms with Gasteiger partial charge in [-0.05, 0) is 29.3 Å². The Morgan fingerprint density at radius 3 is 2.12 bits per heavy atom. The second-order valence-electron chi connectivity index (χ2n) is 7.19. The molecule has 12 heteroatoms. The van der Waals surface area contributed by atoms with E-state index in [9.17, 15) is 36.4 Å². The number of nitriles is 1. The zero-order chi connectivity index (χ0) is 23.5. The van der Waals surface area contributed by atoms with Crippen LogP contribution < -0.4 is 5.32 Å². The van der Waals surface area contributed by atoms with Crippen molar-refractivity contribution >= 4 is 18.3 Å². The first-order valence-electron chi connectivity index (χ1n) is 9.36. The Kier molecular flexibility index (Phi) is 8.21. The quantitative estimate of drug-likeness (QED) is 0.485. The number of carbonyl (C=O) groups is 1. The molecule has 1 aliphatic heterocycles. The smallest absolute Gasteiger partial charge is 0.375 e. The first kappa shape index (κ1) is 26.3. The highest BCUT2D eigenvalue weighted by Gasteiger charge is 2.38. The maximum atomic E-state index is 13.0. The summed E-state index contributed by atoms with van der Waals surface area (Å²) in [5.74, 6) is -0.453. The summed E-state index contributed by atoms with van der Waals surface area (Å²) in [5, 5.41) is 12.1. The number of hydrogen-bond acceptors (Lipinski definition) is 4. The predicted molar refractivity (Wildman–Crippen MR) is 107 cm³/mol. The monoisotopic (exact) mass is 493 g/mol. The lowest BCUT2D eigenvalue weighted by atomic mass is 9.96. The molecule has 0 saturated carbocycles. The molecule has 1 N–H and O–H groups in total. The summed E-state index contributed by atoms with van der Waals surface area (Å²) in [6.45, 7) is -0.969. The van der Waals surface area contributed by atoms with Crippen LogP contribution >= 0.6 is 12.4 Å². The van der Waals surface area contributed by atoms with Crippen LogP contribution in [0.25, 0.3) is 0 Å². The third kappa shape index (κ3) is 6.52. The summed E-state index contributed by atoms with van der Waals surface area (Å²) < 4.78 is 83.5. The highest BCUT2D eigenvalue weighted by Crippen LogP contribution is 2.36. The zero-order valence-electron chi connectivity index (χ0n) is 16.8. The van der Waals surface area contributed by atoms with Crippen molar-refractivity contribution in [3.63, 3.8) is 0 Å². The molecule has 2 atom stereocenters. The Hall–Kier alpha value is -2.97. The van der Waals surface area contributed by atoms with Crippen LogP contribution in [0.15, 0.2) is 48.5 Å². The number of alkyl halides is 6. The molecule has 3 rings (SSSR count). The van der Waals surface area contributed by atoms with Crippen LogP contribution in [0.4, 0.5) is 26.3 Å². The molecule has 1 heterocycles. The Bertz CT molecular complexity index is 976. The van der Waals surface area contributed by atoms with Gasteiger partial charge in [0.1, 0.15) is 6.54 Å². The van der Waals surface area contributed by atoms with Crippen molar-refractivity contribution < 1.29 is 35.9 Å². The standard InChI is InChI=1S/C21H17F6N3O2.ClH/c22-20(23,24)15-6-13(7-16(8-15)21(25,26)27)10-32-11-17-19(14-4-2-1-3-5-14)30(12-28)9-18(31)29-17;/h1-8,17,19H,9-11H2,(H,29,31);1H/t17-,19+;/m1./s1. The van der Waals surface area contributed by atoms with Crippen molar-refractivity contribution in [1.29, 1.82) is 5.26 Å². The summed E-state index contributed by atoms with van der Waals surface area (Å²) in [4.78, 5) is 13.2. The number of halogens is 7. The number of piperazine rings is 1. The lowest BCUT2D eigenvalue weighted by molar-refractivity contribution is -0.143. The zero-order valence-corrected chi connectivity index (χ0v) is 17.6. The number of nitrogens with zero attached hydrogens (tertiary/aromatic N) is 2. The number of carbonyl (C=O) groups excluding carboxylic acids is 1. The number of rotatable bonds is 5. The minimum atomic E-state index is -4.96. The van der Waals surface area contributed by atoms with Crippen LogP contribution in [0.3, 0.4) is 0 Å². The Morgan fingerprint density at radius 2 is 1.61 bits per heavy atom. The Labute approximate surface area is 191 Å². The fourth-order valence-corrected chi connectivity index (χ4v) is 3.50. The molecule has 0 aliphatic carbocycles. The van der Waals surface area contributed by atoms with E-state index in [1.807, 2.05) is 6.19 Å². The summed E-state index contributed by atoms with van der Waals surface area (Å²) in [5.41, 5.74) is -2.49. The van der Waals surface area contributed by atoms with Crippen molar-refractivity contribution in [3.05, 3.63) is 70.8 Å². The van der Waals surface area contributed by atoms with E-state index in [2.05, 4.69) is 5.32 Å². The second-order valence-corrected chi connectivity index (χ2v) is 7.19. The molecule has 0 aromatic heterocycles. The Morgan fingerprint density at radius 1 is 1.03 bits per heavy atom. The van der Waals surface area contributed by atoms with Crippen molar-refractivity contribution in [2.24, 2.45) is 0 Å². The predicted octanol–water partition coefficient (Wildman–Crippen LogP) is 4.69. The largest absolute Gasteiger partial charge is 0.416 e. The van der Waals surface area contributed by atoms with E-state index in [1.54, 1.807) is 30.3 Å². The highest BCUT2D eigenvalue weighted by molar-refractivity contribution is 5.85. The summed E-state index contributed by atoms with van der Waals surface area (Å²) in [6, 6.07) is 8.58. The normalized spacial score (nSPS) is 18.8. The average molecular weight is 494 g/mol. The van der Waals surface area contributed by atoms with E-state index in [1.165, 1.54) is 4.90 Å². The van der Waals surface area contributed by atoms with Gasteiger partial charge in [-0.3, -0.25) is 9.69 Å². The molecule has 5 nitrogen and oxygen atoms in total. The van der Waals surface area contributed by atoms with Gasteiger partial charge >= 0.3 is 12.4 Å². The van der Waals surface area contributed by atoms with E-state index in [-0.39, 0.29) is 37.2 Å². The van der Waals surface area contributed by atoms with Gasteiger partial charge < -0.3 is 10.1 Å². The van der Waals surface area contributed by atoms with Gasteiger partial charge in [0.2, 0.25) is 5.91 Å².